The fourth-order valence-electron chi connectivity index (χ4n) is 3.67. The van der Waals surface area contributed by atoms with Crippen LogP contribution in [-0.4, -0.2) is 43.4 Å². The third-order valence-electron chi connectivity index (χ3n) is 5.13. The molecule has 2 saturated heterocycles. The van der Waals surface area contributed by atoms with E-state index in [4.69, 9.17) is 19.0 Å². The molecular formula is C22H31NO5. The van der Waals surface area contributed by atoms with Gasteiger partial charge in [0.1, 0.15) is 6.04 Å². The van der Waals surface area contributed by atoms with Gasteiger partial charge in [-0.3, -0.25) is 9.63 Å². The summed E-state index contributed by atoms with van der Waals surface area (Å²) in [5.74, 6) is 0.429. The predicted molar refractivity (Wildman–Crippen MR) is 105 cm³/mol. The zero-order valence-corrected chi connectivity index (χ0v) is 17.4. The normalized spacial score (nSPS) is 24.8. The second kappa shape index (κ2) is 8.53. The molecule has 1 aromatic rings. The molecule has 154 valence electrons. The molecule has 0 aliphatic carbocycles. The molecule has 6 heteroatoms. The van der Waals surface area contributed by atoms with E-state index in [0.29, 0.717) is 32.2 Å². The van der Waals surface area contributed by atoms with Crippen LogP contribution < -0.4 is 0 Å². The second-order valence-electron chi connectivity index (χ2n) is 8.61. The summed E-state index contributed by atoms with van der Waals surface area (Å²) in [6.45, 7) is 9.99. The molecule has 2 aliphatic rings. The lowest BCUT2D eigenvalue weighted by molar-refractivity contribution is -0.215. The Bertz CT molecular complexity index is 701. The van der Waals surface area contributed by atoms with Crippen molar-refractivity contribution in [2.45, 2.75) is 52.8 Å². The molecule has 28 heavy (non-hydrogen) atoms. The molecule has 0 radical (unpaired) electrons. The van der Waals surface area contributed by atoms with Crippen molar-refractivity contribution >= 4 is 5.97 Å². The van der Waals surface area contributed by atoms with Crippen LogP contribution in [0, 0.1) is 11.3 Å². The molecule has 0 unspecified atom stereocenters. The molecular weight excluding hydrogens is 358 g/mol. The number of hydrogen-bond acceptors (Lipinski definition) is 6. The molecule has 1 aromatic carbocycles. The van der Waals surface area contributed by atoms with E-state index in [1.165, 1.54) is 7.11 Å². The van der Waals surface area contributed by atoms with E-state index < -0.39 is 6.04 Å². The van der Waals surface area contributed by atoms with Crippen molar-refractivity contribution in [1.82, 2.24) is 5.06 Å². The van der Waals surface area contributed by atoms with Crippen molar-refractivity contribution in [1.29, 1.82) is 0 Å². The maximum atomic E-state index is 12.5. The van der Waals surface area contributed by atoms with Crippen molar-refractivity contribution in [2.24, 2.45) is 11.3 Å². The fraction of sp³-hybridized carbons (Fsp3) is 0.591. The molecule has 2 atom stereocenters. The quantitative estimate of drug-likeness (QED) is 0.716. The summed E-state index contributed by atoms with van der Waals surface area (Å²) in [5, 5.41) is 1.78. The Morgan fingerprint density at radius 3 is 2.43 bits per heavy atom. The number of hydrogen-bond donors (Lipinski definition) is 0. The minimum absolute atomic E-state index is 0.0265. The molecule has 0 N–H and O–H groups in total. The fourth-order valence-corrected chi connectivity index (χ4v) is 3.67. The maximum Gasteiger partial charge on any atom is 0.325 e. The Hall–Kier alpha value is -2.05. The zero-order chi connectivity index (χ0) is 20.3. The van der Waals surface area contributed by atoms with Gasteiger partial charge in [-0.05, 0) is 11.5 Å². The minimum atomic E-state index is -0.522. The van der Waals surface area contributed by atoms with Gasteiger partial charge in [0.15, 0.2) is 0 Å². The number of carbonyl (C=O) groups is 1. The number of hydroxylamine groups is 2. The van der Waals surface area contributed by atoms with Crippen LogP contribution in [0.25, 0.3) is 0 Å². The second-order valence-corrected chi connectivity index (χ2v) is 8.61. The lowest BCUT2D eigenvalue weighted by Gasteiger charge is -2.34. The largest absolute Gasteiger partial charge is 0.468 e. The van der Waals surface area contributed by atoms with Gasteiger partial charge in [-0.1, -0.05) is 58.0 Å². The first-order chi connectivity index (χ1) is 13.3. The van der Waals surface area contributed by atoms with E-state index in [0.717, 1.165) is 11.1 Å². The Balaban J connectivity index is 1.87. The van der Waals surface area contributed by atoms with E-state index in [2.05, 4.69) is 27.7 Å². The first kappa shape index (κ1) is 20.7. The Labute approximate surface area is 167 Å². The number of carbonyl (C=O) groups excluding carboxylic acids is 1. The molecule has 2 fully saturated rings. The van der Waals surface area contributed by atoms with Crippen molar-refractivity contribution in [3.05, 3.63) is 47.4 Å². The minimum Gasteiger partial charge on any atom is -0.468 e. The highest BCUT2D eigenvalue weighted by Crippen LogP contribution is 2.39. The van der Waals surface area contributed by atoms with Crippen molar-refractivity contribution < 1.29 is 23.8 Å². The summed E-state index contributed by atoms with van der Waals surface area (Å²) in [4.78, 5) is 18.6. The van der Waals surface area contributed by atoms with Crippen LogP contribution in [0.2, 0.25) is 0 Å². The van der Waals surface area contributed by atoms with Gasteiger partial charge >= 0.3 is 5.97 Å². The number of rotatable bonds is 5. The molecule has 0 bridgehead atoms. The average molecular weight is 389 g/mol. The SMILES string of the molecule is COC(=O)[C@H]1CC(=C2OCC(C)(C)CO2)[C@@H](C(C)C)N1OCc1ccccc1. The van der Waals surface area contributed by atoms with Crippen molar-refractivity contribution in [3.63, 3.8) is 0 Å². The number of methoxy groups -OCH3 is 1. The molecule has 3 rings (SSSR count). The summed E-state index contributed by atoms with van der Waals surface area (Å²) in [6.07, 6.45) is 0.472. The zero-order valence-electron chi connectivity index (χ0n) is 17.4. The van der Waals surface area contributed by atoms with Crippen LogP contribution in [-0.2, 0) is 30.4 Å². The van der Waals surface area contributed by atoms with Crippen molar-refractivity contribution in [3.8, 4) is 0 Å². The predicted octanol–water partition coefficient (Wildman–Crippen LogP) is 3.67. The van der Waals surface area contributed by atoms with Crippen LogP contribution in [0.5, 0.6) is 0 Å². The van der Waals surface area contributed by atoms with Gasteiger partial charge in [-0.25, -0.2) is 0 Å². The molecule has 0 saturated carbocycles. The molecule has 2 aliphatic heterocycles. The summed E-state index contributed by atoms with van der Waals surface area (Å²) >= 11 is 0. The van der Waals surface area contributed by atoms with Crippen LogP contribution in [0.4, 0.5) is 0 Å². The van der Waals surface area contributed by atoms with E-state index in [1.807, 2.05) is 30.3 Å². The van der Waals surface area contributed by atoms with Gasteiger partial charge < -0.3 is 14.2 Å². The third-order valence-corrected chi connectivity index (χ3v) is 5.13. The van der Waals surface area contributed by atoms with Gasteiger partial charge in [0.2, 0.25) is 0 Å². The first-order valence-corrected chi connectivity index (χ1v) is 9.84. The topological polar surface area (TPSA) is 57.2 Å². The van der Waals surface area contributed by atoms with E-state index in [1.54, 1.807) is 5.06 Å². The van der Waals surface area contributed by atoms with Gasteiger partial charge in [0.05, 0.1) is 33.0 Å². The number of benzene rings is 1. The smallest absolute Gasteiger partial charge is 0.325 e. The number of ether oxygens (including phenoxy) is 3. The van der Waals surface area contributed by atoms with Crippen LogP contribution in [0.3, 0.4) is 0 Å². The number of esters is 1. The van der Waals surface area contributed by atoms with Crippen LogP contribution in [0.15, 0.2) is 41.9 Å². The Morgan fingerprint density at radius 1 is 1.21 bits per heavy atom. The lowest BCUT2D eigenvalue weighted by Crippen LogP contribution is -2.43. The molecule has 6 nitrogen and oxygen atoms in total. The third kappa shape index (κ3) is 4.50. The summed E-state index contributed by atoms with van der Waals surface area (Å²) in [7, 11) is 1.41. The lowest BCUT2D eigenvalue weighted by atomic mass is 9.94. The highest BCUT2D eigenvalue weighted by atomic mass is 16.7. The average Bonchev–Trinajstić information content (AvgIpc) is 3.06. The Morgan fingerprint density at radius 2 is 1.86 bits per heavy atom. The van der Waals surface area contributed by atoms with Gasteiger partial charge in [-0.2, -0.15) is 5.06 Å². The highest BCUT2D eigenvalue weighted by molar-refractivity contribution is 5.77. The van der Waals surface area contributed by atoms with Gasteiger partial charge in [0.25, 0.3) is 5.95 Å². The van der Waals surface area contributed by atoms with Crippen LogP contribution in [0.1, 0.15) is 39.7 Å². The van der Waals surface area contributed by atoms with Gasteiger partial charge in [0, 0.05) is 17.4 Å². The summed E-state index contributed by atoms with van der Waals surface area (Å²) in [5.41, 5.74) is 1.98. The first-order valence-electron chi connectivity index (χ1n) is 9.84. The Kier molecular flexibility index (Phi) is 6.30. The summed E-state index contributed by atoms with van der Waals surface area (Å²) < 4.78 is 17.0. The molecule has 0 amide bonds. The standard InChI is InChI=1S/C22H31NO5/c1-15(2)19-17(21-26-13-22(3,4)14-27-21)11-18(20(24)25-5)23(19)28-12-16-9-7-6-8-10-16/h6-10,15,18-19H,11-14H2,1-5H3/t18-,19-/m1/s1. The van der Waals surface area contributed by atoms with Gasteiger partial charge in [-0.15, -0.1) is 0 Å². The monoisotopic (exact) mass is 389 g/mol. The van der Waals surface area contributed by atoms with E-state index >= 15 is 0 Å². The molecule has 0 aromatic heterocycles. The summed E-state index contributed by atoms with van der Waals surface area (Å²) in [6, 6.07) is 9.27. The highest BCUT2D eigenvalue weighted by Gasteiger charge is 2.47. The van der Waals surface area contributed by atoms with Crippen LogP contribution >= 0.6 is 0 Å². The number of nitrogens with zero attached hydrogens (tertiary/aromatic N) is 1. The van der Waals surface area contributed by atoms with E-state index in [-0.39, 0.29) is 23.3 Å². The van der Waals surface area contributed by atoms with Crippen molar-refractivity contribution in [2.75, 3.05) is 20.3 Å². The van der Waals surface area contributed by atoms with E-state index in [9.17, 15) is 4.79 Å². The molecule has 0 spiro atoms. The molecule has 2 heterocycles. The maximum absolute atomic E-state index is 12.5.